The lowest BCUT2D eigenvalue weighted by Crippen LogP contribution is -2.60. The molecule has 0 fully saturated rings. The molecule has 0 spiro atoms. The summed E-state index contributed by atoms with van der Waals surface area (Å²) in [7, 11) is 0. The van der Waals surface area contributed by atoms with Gasteiger partial charge >= 0.3 is 5.97 Å². The van der Waals surface area contributed by atoms with Gasteiger partial charge in [0.05, 0.1) is 5.54 Å². The minimum absolute atomic E-state index is 0.383. The van der Waals surface area contributed by atoms with Crippen LogP contribution in [0.1, 0.15) is 47.0 Å². The molecule has 0 aliphatic carbocycles. The molecule has 0 aliphatic heterocycles. The highest BCUT2D eigenvalue weighted by atomic mass is 16.4. The molecular weight excluding hydrogens is 208 g/mol. The summed E-state index contributed by atoms with van der Waals surface area (Å²) in [6, 6.07) is 0. The molecule has 0 saturated heterocycles. The zero-order valence-electron chi connectivity index (χ0n) is 10.5. The van der Waals surface area contributed by atoms with Crippen molar-refractivity contribution in [3.63, 3.8) is 0 Å². The normalized spacial score (nSPS) is 18.3. The molecule has 0 heterocycles. The Bertz CT molecular complexity index is 276. The SMILES string of the molecule is CCCC(C)(NC(=O)C(C)(N)CC)C(=O)O. The third kappa shape index (κ3) is 3.48. The van der Waals surface area contributed by atoms with Gasteiger partial charge in [0, 0.05) is 0 Å². The fourth-order valence-electron chi connectivity index (χ4n) is 1.28. The Labute approximate surface area is 96.4 Å². The summed E-state index contributed by atoms with van der Waals surface area (Å²) in [6.45, 7) is 6.76. The summed E-state index contributed by atoms with van der Waals surface area (Å²) in [5.41, 5.74) is 3.50. The zero-order valence-corrected chi connectivity index (χ0v) is 10.5. The number of hydrogen-bond donors (Lipinski definition) is 3. The van der Waals surface area contributed by atoms with Crippen molar-refractivity contribution in [2.24, 2.45) is 5.73 Å². The van der Waals surface area contributed by atoms with E-state index in [-0.39, 0.29) is 0 Å². The number of carbonyl (C=O) groups is 2. The third-order valence-corrected chi connectivity index (χ3v) is 2.86. The number of carboxylic acids is 1. The van der Waals surface area contributed by atoms with Crippen LogP contribution in [0.3, 0.4) is 0 Å². The van der Waals surface area contributed by atoms with E-state index in [4.69, 9.17) is 10.8 Å². The molecule has 0 rings (SSSR count). The fourth-order valence-corrected chi connectivity index (χ4v) is 1.28. The Morgan fingerprint density at radius 1 is 1.31 bits per heavy atom. The smallest absolute Gasteiger partial charge is 0.329 e. The molecule has 0 aromatic rings. The van der Waals surface area contributed by atoms with E-state index < -0.39 is 23.0 Å². The molecule has 0 aromatic carbocycles. The van der Waals surface area contributed by atoms with E-state index in [2.05, 4.69) is 5.32 Å². The van der Waals surface area contributed by atoms with Crippen molar-refractivity contribution in [2.75, 3.05) is 0 Å². The quantitative estimate of drug-likeness (QED) is 0.631. The van der Waals surface area contributed by atoms with Crippen LogP contribution in [0, 0.1) is 0 Å². The first kappa shape index (κ1) is 14.9. The standard InChI is InChI=1S/C11H22N2O3/c1-5-7-11(4,9(15)16)13-8(14)10(3,12)6-2/h5-7,12H2,1-4H3,(H,13,14)(H,15,16). The molecule has 2 unspecified atom stereocenters. The van der Waals surface area contributed by atoms with Crippen LogP contribution in [-0.2, 0) is 9.59 Å². The largest absolute Gasteiger partial charge is 0.480 e. The van der Waals surface area contributed by atoms with Gasteiger partial charge in [0.25, 0.3) is 0 Å². The van der Waals surface area contributed by atoms with Gasteiger partial charge < -0.3 is 16.2 Å². The number of aliphatic carboxylic acids is 1. The fraction of sp³-hybridized carbons (Fsp3) is 0.818. The minimum Gasteiger partial charge on any atom is -0.480 e. The molecule has 16 heavy (non-hydrogen) atoms. The van der Waals surface area contributed by atoms with Gasteiger partial charge in [-0.05, 0) is 26.7 Å². The molecule has 0 bridgehead atoms. The Balaban J connectivity index is 4.78. The maximum atomic E-state index is 11.8. The van der Waals surface area contributed by atoms with Crippen LogP contribution < -0.4 is 11.1 Å². The van der Waals surface area contributed by atoms with Crippen LogP contribution in [0.15, 0.2) is 0 Å². The van der Waals surface area contributed by atoms with Gasteiger partial charge in [0.2, 0.25) is 5.91 Å². The second kappa shape index (κ2) is 5.30. The highest BCUT2D eigenvalue weighted by molar-refractivity contribution is 5.91. The predicted molar refractivity (Wildman–Crippen MR) is 62.0 cm³/mol. The van der Waals surface area contributed by atoms with E-state index in [0.29, 0.717) is 19.3 Å². The van der Waals surface area contributed by atoms with Gasteiger partial charge in [0.1, 0.15) is 5.54 Å². The highest BCUT2D eigenvalue weighted by Crippen LogP contribution is 2.15. The average Bonchev–Trinajstić information content (AvgIpc) is 2.17. The lowest BCUT2D eigenvalue weighted by molar-refractivity contribution is -0.148. The van der Waals surface area contributed by atoms with Gasteiger partial charge in [-0.2, -0.15) is 0 Å². The summed E-state index contributed by atoms with van der Waals surface area (Å²) in [5.74, 6) is -1.46. The zero-order chi connectivity index (χ0) is 13.0. The molecule has 0 radical (unpaired) electrons. The van der Waals surface area contributed by atoms with E-state index in [1.165, 1.54) is 6.92 Å². The molecule has 1 amide bonds. The summed E-state index contributed by atoms with van der Waals surface area (Å²) >= 11 is 0. The van der Waals surface area contributed by atoms with E-state index >= 15 is 0 Å². The van der Waals surface area contributed by atoms with Gasteiger partial charge in [-0.1, -0.05) is 20.3 Å². The number of hydrogen-bond acceptors (Lipinski definition) is 3. The van der Waals surface area contributed by atoms with Crippen LogP contribution in [0.25, 0.3) is 0 Å². The summed E-state index contributed by atoms with van der Waals surface area (Å²) < 4.78 is 0. The van der Waals surface area contributed by atoms with Crippen molar-refractivity contribution in [3.8, 4) is 0 Å². The third-order valence-electron chi connectivity index (χ3n) is 2.86. The number of carbonyl (C=O) groups excluding carboxylic acids is 1. The molecule has 94 valence electrons. The number of carboxylic acid groups (broad SMARTS) is 1. The van der Waals surface area contributed by atoms with Gasteiger partial charge in [-0.15, -0.1) is 0 Å². The van der Waals surface area contributed by atoms with Crippen molar-refractivity contribution < 1.29 is 14.7 Å². The molecule has 0 aromatic heterocycles. The molecule has 0 aliphatic rings. The first-order valence-electron chi connectivity index (χ1n) is 5.54. The van der Waals surface area contributed by atoms with Crippen LogP contribution in [0.4, 0.5) is 0 Å². The first-order chi connectivity index (χ1) is 7.19. The number of nitrogens with two attached hydrogens (primary N) is 1. The number of amides is 1. The van der Waals surface area contributed by atoms with E-state index in [9.17, 15) is 9.59 Å². The van der Waals surface area contributed by atoms with Crippen LogP contribution >= 0.6 is 0 Å². The summed E-state index contributed by atoms with van der Waals surface area (Å²) in [4.78, 5) is 22.9. The van der Waals surface area contributed by atoms with E-state index in [1.807, 2.05) is 6.92 Å². The Morgan fingerprint density at radius 2 is 1.81 bits per heavy atom. The van der Waals surface area contributed by atoms with Crippen molar-refractivity contribution in [1.82, 2.24) is 5.32 Å². The molecule has 4 N–H and O–H groups in total. The predicted octanol–water partition coefficient (Wildman–Crippen LogP) is 0.873. The lowest BCUT2D eigenvalue weighted by Gasteiger charge is -2.30. The van der Waals surface area contributed by atoms with Crippen molar-refractivity contribution in [1.29, 1.82) is 0 Å². The molecular formula is C11H22N2O3. The second-order valence-electron chi connectivity index (χ2n) is 4.61. The van der Waals surface area contributed by atoms with Crippen molar-refractivity contribution in [3.05, 3.63) is 0 Å². The number of nitrogens with one attached hydrogen (secondary N) is 1. The molecule has 0 saturated carbocycles. The van der Waals surface area contributed by atoms with Crippen molar-refractivity contribution >= 4 is 11.9 Å². The number of rotatable bonds is 6. The van der Waals surface area contributed by atoms with Crippen LogP contribution in [-0.4, -0.2) is 28.1 Å². The van der Waals surface area contributed by atoms with Gasteiger partial charge in [0.15, 0.2) is 0 Å². The summed E-state index contributed by atoms with van der Waals surface area (Å²) in [6.07, 6.45) is 1.52. The Hall–Kier alpha value is -1.10. The maximum Gasteiger partial charge on any atom is 0.329 e. The average molecular weight is 230 g/mol. The molecule has 2 atom stereocenters. The van der Waals surface area contributed by atoms with Gasteiger partial charge in [-0.25, -0.2) is 4.79 Å². The Morgan fingerprint density at radius 3 is 2.12 bits per heavy atom. The first-order valence-corrected chi connectivity index (χ1v) is 5.54. The van der Waals surface area contributed by atoms with Crippen LogP contribution in [0.2, 0.25) is 0 Å². The minimum atomic E-state index is -1.23. The van der Waals surface area contributed by atoms with E-state index in [0.717, 1.165) is 0 Å². The van der Waals surface area contributed by atoms with Crippen molar-refractivity contribution in [2.45, 2.75) is 58.0 Å². The monoisotopic (exact) mass is 230 g/mol. The van der Waals surface area contributed by atoms with Gasteiger partial charge in [-0.3, -0.25) is 4.79 Å². The van der Waals surface area contributed by atoms with Crippen LogP contribution in [0.5, 0.6) is 0 Å². The molecule has 5 heteroatoms. The lowest BCUT2D eigenvalue weighted by atomic mass is 9.92. The highest BCUT2D eigenvalue weighted by Gasteiger charge is 2.38. The Kier molecular flexibility index (Phi) is 4.93. The molecule has 5 nitrogen and oxygen atoms in total. The maximum absolute atomic E-state index is 11.8. The van der Waals surface area contributed by atoms with E-state index in [1.54, 1.807) is 13.8 Å². The summed E-state index contributed by atoms with van der Waals surface area (Å²) in [5, 5.41) is 11.6. The second-order valence-corrected chi connectivity index (χ2v) is 4.61. The topological polar surface area (TPSA) is 92.4 Å².